The van der Waals surface area contributed by atoms with Crippen LogP contribution in [0, 0.1) is 10.1 Å². The first-order valence-corrected chi connectivity index (χ1v) is 6.85. The summed E-state index contributed by atoms with van der Waals surface area (Å²) >= 11 is 1.51. The first-order chi connectivity index (χ1) is 8.88. The molecule has 1 aromatic rings. The average Bonchev–Trinajstić information content (AvgIpc) is 2.36. The van der Waals surface area contributed by atoms with Gasteiger partial charge >= 0.3 is 0 Å². The van der Waals surface area contributed by atoms with E-state index in [1.165, 1.54) is 23.9 Å². The van der Waals surface area contributed by atoms with Gasteiger partial charge in [0.1, 0.15) is 11.6 Å². The zero-order valence-electron chi connectivity index (χ0n) is 10.7. The second kappa shape index (κ2) is 6.55. The van der Waals surface area contributed by atoms with Crippen molar-refractivity contribution in [2.45, 2.75) is 12.5 Å². The maximum Gasteiger partial charge on any atom is 0.276 e. The van der Waals surface area contributed by atoms with Crippen LogP contribution in [0.1, 0.15) is 6.92 Å². The van der Waals surface area contributed by atoms with Crippen molar-refractivity contribution < 1.29 is 10.0 Å². The molecular formula is C10H17N5O3S. The topological polar surface area (TPSA) is 126 Å². The van der Waals surface area contributed by atoms with Gasteiger partial charge in [0.05, 0.1) is 22.7 Å². The molecule has 1 atom stereocenters. The SMILES string of the molecule is CSCC(C)(O)CNc1cc([N+](=O)[O-])cc(NN)n1. The minimum Gasteiger partial charge on any atom is -0.387 e. The third-order valence-electron chi connectivity index (χ3n) is 2.27. The lowest BCUT2D eigenvalue weighted by molar-refractivity contribution is -0.384. The van der Waals surface area contributed by atoms with Crippen molar-refractivity contribution >= 4 is 29.1 Å². The average molecular weight is 287 g/mol. The van der Waals surface area contributed by atoms with E-state index in [0.29, 0.717) is 5.75 Å². The molecule has 0 saturated heterocycles. The molecule has 19 heavy (non-hydrogen) atoms. The van der Waals surface area contributed by atoms with E-state index in [-0.39, 0.29) is 23.9 Å². The molecular weight excluding hydrogens is 270 g/mol. The number of aliphatic hydroxyl groups is 1. The molecule has 1 rings (SSSR count). The summed E-state index contributed by atoms with van der Waals surface area (Å²) in [5, 5.41) is 23.6. The monoisotopic (exact) mass is 287 g/mol. The molecule has 106 valence electrons. The van der Waals surface area contributed by atoms with Gasteiger partial charge in [-0.2, -0.15) is 11.8 Å². The maximum absolute atomic E-state index is 10.8. The van der Waals surface area contributed by atoms with Gasteiger partial charge in [-0.05, 0) is 13.2 Å². The van der Waals surface area contributed by atoms with Gasteiger partial charge in [0.25, 0.3) is 5.69 Å². The molecule has 0 fully saturated rings. The van der Waals surface area contributed by atoms with Crippen molar-refractivity contribution in [3.63, 3.8) is 0 Å². The van der Waals surface area contributed by atoms with Crippen molar-refractivity contribution in [1.29, 1.82) is 0 Å². The number of pyridine rings is 1. The highest BCUT2D eigenvalue weighted by Gasteiger charge is 2.20. The molecule has 5 N–H and O–H groups in total. The van der Waals surface area contributed by atoms with E-state index in [1.54, 1.807) is 6.92 Å². The summed E-state index contributed by atoms with van der Waals surface area (Å²) in [5.74, 6) is 6.20. The fraction of sp³-hybridized carbons (Fsp3) is 0.500. The molecule has 0 spiro atoms. The fourth-order valence-corrected chi connectivity index (χ4v) is 2.15. The molecule has 0 aliphatic heterocycles. The summed E-state index contributed by atoms with van der Waals surface area (Å²) in [6.07, 6.45) is 1.89. The highest BCUT2D eigenvalue weighted by molar-refractivity contribution is 7.98. The van der Waals surface area contributed by atoms with Crippen molar-refractivity contribution in [3.05, 3.63) is 22.2 Å². The summed E-state index contributed by atoms with van der Waals surface area (Å²) in [6, 6.07) is 2.52. The number of nitrogens with two attached hydrogens (primary N) is 1. The summed E-state index contributed by atoms with van der Waals surface area (Å²) in [5.41, 5.74) is 1.20. The molecule has 0 bridgehead atoms. The van der Waals surface area contributed by atoms with Crippen LogP contribution in [0.5, 0.6) is 0 Å². The second-order valence-corrected chi connectivity index (χ2v) is 5.15. The quantitative estimate of drug-likeness (QED) is 0.329. The van der Waals surface area contributed by atoms with E-state index in [1.807, 2.05) is 6.26 Å². The van der Waals surface area contributed by atoms with Gasteiger partial charge < -0.3 is 15.8 Å². The summed E-state index contributed by atoms with van der Waals surface area (Å²) < 4.78 is 0. The Kier molecular flexibility index (Phi) is 5.33. The molecule has 0 saturated carbocycles. The Labute approximate surface area is 114 Å². The van der Waals surface area contributed by atoms with E-state index in [4.69, 9.17) is 5.84 Å². The first kappa shape index (κ1) is 15.5. The second-order valence-electron chi connectivity index (χ2n) is 4.28. The Morgan fingerprint density at radius 3 is 2.74 bits per heavy atom. The van der Waals surface area contributed by atoms with Crippen LogP contribution in [0.4, 0.5) is 17.3 Å². The zero-order chi connectivity index (χ0) is 14.5. The van der Waals surface area contributed by atoms with Crippen LogP contribution in [0.15, 0.2) is 12.1 Å². The van der Waals surface area contributed by atoms with Gasteiger partial charge in [0, 0.05) is 12.3 Å². The molecule has 0 amide bonds. The summed E-state index contributed by atoms with van der Waals surface area (Å²) in [4.78, 5) is 14.2. The van der Waals surface area contributed by atoms with Gasteiger partial charge in [0.2, 0.25) is 0 Å². The maximum atomic E-state index is 10.8. The Balaban J connectivity index is 2.83. The number of hydrogen-bond donors (Lipinski definition) is 4. The number of nitrogens with zero attached hydrogens (tertiary/aromatic N) is 2. The summed E-state index contributed by atoms with van der Waals surface area (Å²) in [6.45, 7) is 1.90. The van der Waals surface area contributed by atoms with Crippen LogP contribution >= 0.6 is 11.8 Å². The van der Waals surface area contributed by atoms with E-state index >= 15 is 0 Å². The predicted molar refractivity (Wildman–Crippen MR) is 76.2 cm³/mol. The number of rotatable bonds is 7. The summed E-state index contributed by atoms with van der Waals surface area (Å²) in [7, 11) is 0. The van der Waals surface area contributed by atoms with Crippen LogP contribution in [0.25, 0.3) is 0 Å². The van der Waals surface area contributed by atoms with Crippen LogP contribution in [0.2, 0.25) is 0 Å². The number of anilines is 2. The minimum absolute atomic E-state index is 0.130. The number of hydrogen-bond acceptors (Lipinski definition) is 8. The Morgan fingerprint density at radius 1 is 1.58 bits per heavy atom. The van der Waals surface area contributed by atoms with Crippen molar-refractivity contribution in [1.82, 2.24) is 4.98 Å². The normalized spacial score (nSPS) is 13.7. The Hall–Kier alpha value is -1.58. The third-order valence-corrected chi connectivity index (χ3v) is 3.19. The third kappa shape index (κ3) is 4.89. The van der Waals surface area contributed by atoms with Gasteiger partial charge in [0.15, 0.2) is 0 Å². The van der Waals surface area contributed by atoms with Crippen LogP contribution < -0.4 is 16.6 Å². The Morgan fingerprint density at radius 2 is 2.21 bits per heavy atom. The molecule has 8 nitrogen and oxygen atoms in total. The highest BCUT2D eigenvalue weighted by atomic mass is 32.2. The Bertz CT molecular complexity index is 455. The molecule has 1 unspecified atom stereocenters. The van der Waals surface area contributed by atoms with Crippen molar-refractivity contribution in [2.75, 3.05) is 29.3 Å². The van der Waals surface area contributed by atoms with Crippen molar-refractivity contribution in [3.8, 4) is 0 Å². The van der Waals surface area contributed by atoms with E-state index in [9.17, 15) is 15.2 Å². The van der Waals surface area contributed by atoms with Crippen LogP contribution in [-0.2, 0) is 0 Å². The number of nitrogen functional groups attached to an aromatic ring is 1. The number of nitrogens with one attached hydrogen (secondary N) is 2. The van der Waals surface area contributed by atoms with Gasteiger partial charge in [-0.1, -0.05) is 0 Å². The largest absolute Gasteiger partial charge is 0.387 e. The lowest BCUT2D eigenvalue weighted by Crippen LogP contribution is -2.36. The molecule has 0 aliphatic rings. The van der Waals surface area contributed by atoms with Gasteiger partial charge in [-0.3, -0.25) is 10.1 Å². The molecule has 0 radical (unpaired) electrons. The van der Waals surface area contributed by atoms with Crippen molar-refractivity contribution in [2.24, 2.45) is 5.84 Å². The smallest absolute Gasteiger partial charge is 0.276 e. The molecule has 0 aliphatic carbocycles. The van der Waals surface area contributed by atoms with Crippen LogP contribution in [-0.4, -0.2) is 39.2 Å². The lowest BCUT2D eigenvalue weighted by Gasteiger charge is -2.22. The lowest BCUT2D eigenvalue weighted by atomic mass is 10.1. The molecule has 1 heterocycles. The minimum atomic E-state index is -0.929. The van der Waals surface area contributed by atoms with Gasteiger partial charge in [-0.15, -0.1) is 0 Å². The molecule has 0 aromatic carbocycles. The van der Waals surface area contributed by atoms with Crippen LogP contribution in [0.3, 0.4) is 0 Å². The number of nitro groups is 1. The highest BCUT2D eigenvalue weighted by Crippen LogP contribution is 2.21. The predicted octanol–water partition coefficient (Wildman–Crippen LogP) is 0.801. The number of hydrazine groups is 1. The number of thioether (sulfide) groups is 1. The molecule has 1 aromatic heterocycles. The van der Waals surface area contributed by atoms with Gasteiger partial charge in [-0.25, -0.2) is 10.8 Å². The van der Waals surface area contributed by atoms with E-state index in [0.717, 1.165) is 0 Å². The van der Waals surface area contributed by atoms with E-state index in [2.05, 4.69) is 15.7 Å². The standard InChI is InChI=1S/C10H17N5O3S/c1-10(16,6-19-2)5-12-8-3-7(15(17)18)4-9(13-8)14-11/h3-4,16H,5-6,11H2,1-2H3,(H2,12,13,14). The zero-order valence-corrected chi connectivity index (χ0v) is 11.5. The number of aromatic nitrogens is 1. The van der Waals surface area contributed by atoms with E-state index < -0.39 is 10.5 Å². The fourth-order valence-electron chi connectivity index (χ4n) is 1.43. The first-order valence-electron chi connectivity index (χ1n) is 5.46. The molecule has 9 heteroatoms.